The Balaban J connectivity index is 1.90. The molecule has 21 heavy (non-hydrogen) atoms. The van der Waals surface area contributed by atoms with Crippen molar-refractivity contribution in [3.63, 3.8) is 0 Å². The molecule has 0 aliphatic carbocycles. The van der Waals surface area contributed by atoms with Crippen LogP contribution in [0.25, 0.3) is 0 Å². The van der Waals surface area contributed by atoms with Crippen molar-refractivity contribution < 1.29 is 13.9 Å². The van der Waals surface area contributed by atoms with Gasteiger partial charge in [-0.15, -0.1) is 0 Å². The lowest BCUT2D eigenvalue weighted by Gasteiger charge is -2.24. The molecule has 1 aliphatic rings. The first-order valence-electron chi connectivity index (χ1n) is 7.42. The van der Waals surface area contributed by atoms with Crippen LogP contribution in [0, 0.1) is 5.92 Å². The van der Waals surface area contributed by atoms with E-state index in [1.807, 2.05) is 38.1 Å². The van der Waals surface area contributed by atoms with Crippen molar-refractivity contribution >= 4 is 5.91 Å². The number of rotatable bonds is 7. The van der Waals surface area contributed by atoms with Crippen LogP contribution in [0.1, 0.15) is 18.7 Å². The van der Waals surface area contributed by atoms with Crippen LogP contribution in [0.4, 0.5) is 0 Å². The topological polar surface area (TPSA) is 66.7 Å². The van der Waals surface area contributed by atoms with Crippen LogP contribution in [0.3, 0.4) is 0 Å². The fourth-order valence-corrected chi connectivity index (χ4v) is 2.62. The van der Waals surface area contributed by atoms with Crippen molar-refractivity contribution in [2.24, 2.45) is 5.92 Å². The molecule has 0 radical (unpaired) electrons. The molecule has 1 fully saturated rings. The fraction of sp³-hybridized carbons (Fsp3) is 0.667. The van der Waals surface area contributed by atoms with E-state index in [0.717, 1.165) is 12.3 Å². The van der Waals surface area contributed by atoms with Gasteiger partial charge in [0.2, 0.25) is 5.91 Å². The standard InChI is InChI=1S/C15H25N3O3/c1-4-16-12-10-20-9-11(12)15(19)17-8-13(18(2)3)14-6-5-7-21-14/h5-7,11-13,16H,4,8-10H2,1-3H3,(H,17,19). The normalized spacial score (nSPS) is 23.4. The van der Waals surface area contributed by atoms with Gasteiger partial charge in [0, 0.05) is 12.6 Å². The SMILES string of the molecule is CCNC1COCC1C(=O)NCC(c1ccco1)N(C)C. The molecular formula is C15H25N3O3. The molecular weight excluding hydrogens is 270 g/mol. The van der Waals surface area contributed by atoms with E-state index in [2.05, 4.69) is 10.6 Å². The van der Waals surface area contributed by atoms with Crippen molar-refractivity contribution in [1.29, 1.82) is 0 Å². The molecule has 0 bridgehead atoms. The molecule has 2 rings (SSSR count). The highest BCUT2D eigenvalue weighted by Gasteiger charge is 2.33. The number of hydrogen-bond donors (Lipinski definition) is 2. The lowest BCUT2D eigenvalue weighted by Crippen LogP contribution is -2.45. The van der Waals surface area contributed by atoms with Gasteiger partial charge in [-0.3, -0.25) is 9.69 Å². The Labute approximate surface area is 125 Å². The molecule has 1 aromatic heterocycles. The molecule has 6 nitrogen and oxygen atoms in total. The number of nitrogens with zero attached hydrogens (tertiary/aromatic N) is 1. The average molecular weight is 295 g/mol. The van der Waals surface area contributed by atoms with Crippen molar-refractivity contribution in [3.8, 4) is 0 Å². The molecule has 1 saturated heterocycles. The molecule has 3 unspecified atom stereocenters. The average Bonchev–Trinajstić information content (AvgIpc) is 3.10. The van der Waals surface area contributed by atoms with Gasteiger partial charge in [0.1, 0.15) is 5.76 Å². The summed E-state index contributed by atoms with van der Waals surface area (Å²) in [6, 6.07) is 3.93. The summed E-state index contributed by atoms with van der Waals surface area (Å²) in [5.74, 6) is 0.771. The number of hydrogen-bond acceptors (Lipinski definition) is 5. The zero-order chi connectivity index (χ0) is 15.2. The van der Waals surface area contributed by atoms with Gasteiger partial charge in [-0.05, 0) is 32.8 Å². The zero-order valence-electron chi connectivity index (χ0n) is 13.0. The number of amides is 1. The van der Waals surface area contributed by atoms with Crippen LogP contribution in [0.5, 0.6) is 0 Å². The maximum absolute atomic E-state index is 12.3. The molecule has 0 spiro atoms. The summed E-state index contributed by atoms with van der Waals surface area (Å²) in [4.78, 5) is 14.4. The molecule has 1 aliphatic heterocycles. The Kier molecular flexibility index (Phi) is 5.78. The van der Waals surface area contributed by atoms with Crippen LogP contribution in [0.2, 0.25) is 0 Å². The van der Waals surface area contributed by atoms with Gasteiger partial charge < -0.3 is 19.8 Å². The molecule has 0 saturated carbocycles. The van der Waals surface area contributed by atoms with Crippen molar-refractivity contribution in [1.82, 2.24) is 15.5 Å². The highest BCUT2D eigenvalue weighted by atomic mass is 16.5. The van der Waals surface area contributed by atoms with E-state index in [9.17, 15) is 4.79 Å². The Morgan fingerprint density at radius 1 is 1.48 bits per heavy atom. The van der Waals surface area contributed by atoms with Crippen LogP contribution in [-0.4, -0.2) is 57.2 Å². The van der Waals surface area contributed by atoms with Gasteiger partial charge in [0.05, 0.1) is 31.4 Å². The lowest BCUT2D eigenvalue weighted by atomic mass is 10.0. The van der Waals surface area contributed by atoms with Crippen LogP contribution in [-0.2, 0) is 9.53 Å². The molecule has 1 amide bonds. The molecule has 2 N–H and O–H groups in total. The number of carbonyl (C=O) groups excluding carboxylic acids is 1. The van der Waals surface area contributed by atoms with E-state index in [4.69, 9.17) is 9.15 Å². The smallest absolute Gasteiger partial charge is 0.227 e. The minimum Gasteiger partial charge on any atom is -0.468 e. The van der Waals surface area contributed by atoms with E-state index in [0.29, 0.717) is 19.8 Å². The maximum atomic E-state index is 12.3. The Bertz CT molecular complexity index is 433. The van der Waals surface area contributed by atoms with E-state index in [1.165, 1.54) is 0 Å². The largest absolute Gasteiger partial charge is 0.468 e. The molecule has 118 valence electrons. The minimum atomic E-state index is -0.121. The van der Waals surface area contributed by atoms with E-state index >= 15 is 0 Å². The summed E-state index contributed by atoms with van der Waals surface area (Å²) in [7, 11) is 3.94. The Hall–Kier alpha value is -1.37. The molecule has 6 heteroatoms. The predicted octanol–water partition coefficient (Wildman–Crippen LogP) is 0.623. The van der Waals surface area contributed by atoms with Gasteiger partial charge >= 0.3 is 0 Å². The van der Waals surface area contributed by atoms with Gasteiger partial charge in [0.15, 0.2) is 0 Å². The Morgan fingerprint density at radius 3 is 2.90 bits per heavy atom. The second-order valence-corrected chi connectivity index (χ2v) is 5.55. The third-order valence-corrected chi connectivity index (χ3v) is 3.85. The third kappa shape index (κ3) is 4.06. The second-order valence-electron chi connectivity index (χ2n) is 5.55. The second kappa shape index (κ2) is 7.59. The first-order valence-corrected chi connectivity index (χ1v) is 7.42. The highest BCUT2D eigenvalue weighted by molar-refractivity contribution is 5.79. The van der Waals surface area contributed by atoms with E-state index in [1.54, 1.807) is 6.26 Å². The summed E-state index contributed by atoms with van der Waals surface area (Å²) < 4.78 is 10.9. The van der Waals surface area contributed by atoms with Gasteiger partial charge in [-0.2, -0.15) is 0 Å². The van der Waals surface area contributed by atoms with Gasteiger partial charge in [0.25, 0.3) is 0 Å². The fourth-order valence-electron chi connectivity index (χ4n) is 2.62. The molecule has 3 atom stereocenters. The quantitative estimate of drug-likeness (QED) is 0.772. The zero-order valence-corrected chi connectivity index (χ0v) is 13.0. The summed E-state index contributed by atoms with van der Waals surface area (Å²) in [6.07, 6.45) is 1.65. The van der Waals surface area contributed by atoms with Gasteiger partial charge in [-0.1, -0.05) is 6.92 Å². The number of nitrogens with one attached hydrogen (secondary N) is 2. The summed E-state index contributed by atoms with van der Waals surface area (Å²) in [6.45, 7) is 4.48. The van der Waals surface area contributed by atoms with Crippen LogP contribution >= 0.6 is 0 Å². The molecule has 0 aromatic carbocycles. The van der Waals surface area contributed by atoms with Gasteiger partial charge in [-0.25, -0.2) is 0 Å². The number of carbonyl (C=O) groups is 1. The van der Waals surface area contributed by atoms with E-state index < -0.39 is 0 Å². The molecule has 2 heterocycles. The highest BCUT2D eigenvalue weighted by Crippen LogP contribution is 2.19. The van der Waals surface area contributed by atoms with Crippen LogP contribution in [0.15, 0.2) is 22.8 Å². The first kappa shape index (κ1) is 16.0. The summed E-state index contributed by atoms with van der Waals surface area (Å²) in [5, 5.41) is 6.32. The first-order chi connectivity index (χ1) is 10.1. The number of likely N-dealkylation sites (N-methyl/N-ethyl adjacent to an activating group) is 2. The predicted molar refractivity (Wildman–Crippen MR) is 79.9 cm³/mol. The molecule has 1 aromatic rings. The van der Waals surface area contributed by atoms with Crippen molar-refractivity contribution in [3.05, 3.63) is 24.2 Å². The van der Waals surface area contributed by atoms with Crippen molar-refractivity contribution in [2.75, 3.05) is 40.4 Å². The van der Waals surface area contributed by atoms with Crippen LogP contribution < -0.4 is 10.6 Å². The lowest BCUT2D eigenvalue weighted by molar-refractivity contribution is -0.125. The number of furan rings is 1. The summed E-state index contributed by atoms with van der Waals surface area (Å²) >= 11 is 0. The monoisotopic (exact) mass is 295 g/mol. The number of ether oxygens (including phenoxy) is 1. The van der Waals surface area contributed by atoms with E-state index in [-0.39, 0.29) is 23.9 Å². The minimum absolute atomic E-state index is 0.0313. The maximum Gasteiger partial charge on any atom is 0.227 e. The third-order valence-electron chi connectivity index (χ3n) is 3.85. The Morgan fingerprint density at radius 2 is 2.29 bits per heavy atom. The summed E-state index contributed by atoms with van der Waals surface area (Å²) in [5.41, 5.74) is 0. The van der Waals surface area contributed by atoms with Crippen molar-refractivity contribution in [2.45, 2.75) is 19.0 Å².